The lowest BCUT2D eigenvalue weighted by atomic mass is 9.87. The first-order chi connectivity index (χ1) is 9.29. The van der Waals surface area contributed by atoms with Crippen LogP contribution in [-0.2, 0) is 4.74 Å². The van der Waals surface area contributed by atoms with Gasteiger partial charge in [0, 0.05) is 5.70 Å². The average Bonchev–Trinajstić information content (AvgIpc) is 2.36. The van der Waals surface area contributed by atoms with Crippen molar-refractivity contribution in [2.75, 3.05) is 0 Å². The van der Waals surface area contributed by atoms with E-state index in [1.54, 1.807) is 6.08 Å². The van der Waals surface area contributed by atoms with Crippen molar-refractivity contribution in [2.45, 2.75) is 45.1 Å². The molecule has 2 heterocycles. The Morgan fingerprint density at radius 2 is 1.85 bits per heavy atom. The molecule has 3 aliphatic rings. The molecule has 1 aliphatic carbocycles. The van der Waals surface area contributed by atoms with Crippen LogP contribution in [0.5, 0.6) is 0 Å². The van der Waals surface area contributed by atoms with E-state index in [9.17, 15) is 13.2 Å². The second-order valence-corrected chi connectivity index (χ2v) is 5.49. The van der Waals surface area contributed by atoms with Crippen molar-refractivity contribution in [3.05, 3.63) is 46.9 Å². The fraction of sp³-hybridized carbons (Fsp3) is 0.467. The van der Waals surface area contributed by atoms with Crippen LogP contribution >= 0.6 is 0 Å². The maximum Gasteiger partial charge on any atom is 0.416 e. The minimum atomic E-state index is -4.35. The van der Waals surface area contributed by atoms with E-state index in [4.69, 9.17) is 4.74 Å². The van der Waals surface area contributed by atoms with Gasteiger partial charge in [-0.3, -0.25) is 0 Å². The van der Waals surface area contributed by atoms with Crippen LogP contribution in [-0.4, -0.2) is 29.3 Å². The molecule has 0 N–H and O–H groups in total. The van der Waals surface area contributed by atoms with E-state index in [1.165, 1.54) is 6.08 Å². The molecule has 0 aromatic carbocycles. The Balaban J connectivity index is 2.11. The second kappa shape index (κ2) is 4.17. The van der Waals surface area contributed by atoms with Gasteiger partial charge in [-0.15, -0.1) is 0 Å². The Morgan fingerprint density at radius 3 is 2.50 bits per heavy atom. The predicted octanol–water partition coefficient (Wildman–Crippen LogP) is 3.69. The maximum absolute atomic E-state index is 13.0. The average molecular weight is 283 g/mol. The van der Waals surface area contributed by atoms with Crippen molar-refractivity contribution in [3.63, 3.8) is 0 Å². The van der Waals surface area contributed by atoms with Gasteiger partial charge in [-0.05, 0) is 44.6 Å². The number of allylic oxidation sites excluding steroid dienone is 5. The van der Waals surface area contributed by atoms with Crippen LogP contribution in [0, 0.1) is 0 Å². The highest BCUT2D eigenvalue weighted by Crippen LogP contribution is 2.42. The summed E-state index contributed by atoms with van der Waals surface area (Å²) in [5.74, 6) is 0.393. The van der Waals surface area contributed by atoms with E-state index in [1.807, 2.05) is 26.8 Å². The Morgan fingerprint density at radius 1 is 1.15 bits per heavy atom. The molecule has 0 aromatic rings. The van der Waals surface area contributed by atoms with Gasteiger partial charge in [-0.1, -0.05) is 6.08 Å². The number of alkyl halides is 3. The number of hydrogen-bond acceptors (Lipinski definition) is 2. The van der Waals surface area contributed by atoms with Gasteiger partial charge in [0.25, 0.3) is 0 Å². The molecule has 0 spiro atoms. The van der Waals surface area contributed by atoms with Crippen LogP contribution in [0.4, 0.5) is 13.2 Å². The van der Waals surface area contributed by atoms with Gasteiger partial charge in [-0.2, -0.15) is 13.2 Å². The van der Waals surface area contributed by atoms with Crippen LogP contribution in [0.2, 0.25) is 0 Å². The molecule has 1 fully saturated rings. The topological polar surface area (TPSA) is 12.5 Å². The highest BCUT2D eigenvalue weighted by Gasteiger charge is 2.44. The summed E-state index contributed by atoms with van der Waals surface area (Å²) in [5, 5.41) is 0. The van der Waals surface area contributed by atoms with E-state index < -0.39 is 11.7 Å². The summed E-state index contributed by atoms with van der Waals surface area (Å²) in [4.78, 5) is 2.14. The molecule has 108 valence electrons. The van der Waals surface area contributed by atoms with Crippen molar-refractivity contribution in [1.82, 2.24) is 4.90 Å². The molecule has 5 heteroatoms. The van der Waals surface area contributed by atoms with Gasteiger partial charge < -0.3 is 9.64 Å². The molecule has 20 heavy (non-hydrogen) atoms. The minimum Gasteiger partial charge on any atom is -0.490 e. The first-order valence-electron chi connectivity index (χ1n) is 6.63. The first-order valence-corrected chi connectivity index (χ1v) is 6.63. The van der Waals surface area contributed by atoms with Gasteiger partial charge in [-0.25, -0.2) is 0 Å². The lowest BCUT2D eigenvalue weighted by Crippen LogP contribution is -2.54. The molecule has 2 aliphatic heterocycles. The Kier molecular flexibility index (Phi) is 2.78. The van der Waals surface area contributed by atoms with E-state index in [-0.39, 0.29) is 18.2 Å². The quantitative estimate of drug-likeness (QED) is 0.672. The molecule has 0 radical (unpaired) electrons. The summed E-state index contributed by atoms with van der Waals surface area (Å²) < 4.78 is 44.6. The summed E-state index contributed by atoms with van der Waals surface area (Å²) in [7, 11) is 0. The lowest BCUT2D eigenvalue weighted by Gasteiger charge is -2.50. The zero-order valence-corrected chi connectivity index (χ0v) is 11.5. The molecule has 3 rings (SSSR count). The van der Waals surface area contributed by atoms with Crippen LogP contribution < -0.4 is 0 Å². The van der Waals surface area contributed by atoms with Crippen molar-refractivity contribution in [3.8, 4) is 0 Å². The van der Waals surface area contributed by atoms with E-state index in [2.05, 4.69) is 4.90 Å². The third-order valence-electron chi connectivity index (χ3n) is 4.18. The van der Waals surface area contributed by atoms with Crippen molar-refractivity contribution < 1.29 is 17.9 Å². The largest absolute Gasteiger partial charge is 0.490 e. The molecular formula is C15H16F3NO. The summed E-state index contributed by atoms with van der Waals surface area (Å²) in [6.45, 7) is 5.89. The molecule has 3 atom stereocenters. The highest BCUT2D eigenvalue weighted by atomic mass is 19.4. The smallest absolute Gasteiger partial charge is 0.416 e. The molecule has 0 saturated carbocycles. The van der Waals surface area contributed by atoms with E-state index >= 15 is 0 Å². The number of hydrogen-bond donors (Lipinski definition) is 0. The van der Waals surface area contributed by atoms with Gasteiger partial charge in [0.1, 0.15) is 17.9 Å². The normalized spacial score (nSPS) is 32.5. The van der Waals surface area contributed by atoms with Gasteiger partial charge in [0.2, 0.25) is 0 Å². The summed E-state index contributed by atoms with van der Waals surface area (Å²) in [6.07, 6.45) is 1.48. The van der Waals surface area contributed by atoms with Gasteiger partial charge >= 0.3 is 6.18 Å². The molecule has 1 saturated heterocycles. The van der Waals surface area contributed by atoms with E-state index in [0.717, 1.165) is 11.8 Å². The number of morpholine rings is 1. The lowest BCUT2D eigenvalue weighted by molar-refractivity contribution is -0.0902. The summed E-state index contributed by atoms with van der Waals surface area (Å²) in [5.41, 5.74) is 1.04. The zero-order chi connectivity index (χ0) is 14.7. The Labute approximate surface area is 115 Å². The fourth-order valence-electron chi connectivity index (χ4n) is 3.00. The fourth-order valence-corrected chi connectivity index (χ4v) is 3.00. The number of halogens is 3. The predicted molar refractivity (Wildman–Crippen MR) is 69.7 cm³/mol. The molecular weight excluding hydrogens is 267 g/mol. The third-order valence-corrected chi connectivity index (χ3v) is 4.18. The number of ether oxygens (including phenoxy) is 1. The molecule has 2 nitrogen and oxygen atoms in total. The third kappa shape index (κ3) is 1.87. The van der Waals surface area contributed by atoms with Crippen LogP contribution in [0.15, 0.2) is 46.9 Å². The van der Waals surface area contributed by atoms with Crippen molar-refractivity contribution >= 4 is 0 Å². The SMILES string of the molecule is CC1=CC=C2C=C(C(F)(F)F)C=C3OC(C)[C@H](C)N1C23. The van der Waals surface area contributed by atoms with Crippen LogP contribution in [0.25, 0.3) is 0 Å². The zero-order valence-electron chi connectivity index (χ0n) is 11.5. The molecule has 0 aromatic heterocycles. The summed E-state index contributed by atoms with van der Waals surface area (Å²) in [6, 6.07) is -0.102. The van der Waals surface area contributed by atoms with Crippen molar-refractivity contribution in [1.29, 1.82) is 0 Å². The highest BCUT2D eigenvalue weighted by molar-refractivity contribution is 5.51. The second-order valence-electron chi connectivity index (χ2n) is 5.49. The number of nitrogens with zero attached hydrogens (tertiary/aromatic N) is 1. The van der Waals surface area contributed by atoms with E-state index in [0.29, 0.717) is 11.3 Å². The number of rotatable bonds is 0. The Bertz CT molecular complexity index is 568. The van der Waals surface area contributed by atoms with Crippen LogP contribution in [0.3, 0.4) is 0 Å². The minimum absolute atomic E-state index is 0.123. The van der Waals surface area contributed by atoms with Crippen molar-refractivity contribution in [2.24, 2.45) is 0 Å². The van der Waals surface area contributed by atoms with Gasteiger partial charge in [0.05, 0.1) is 11.6 Å². The molecule has 2 unspecified atom stereocenters. The molecule has 0 bridgehead atoms. The van der Waals surface area contributed by atoms with Gasteiger partial charge in [0.15, 0.2) is 0 Å². The standard InChI is InChI=1S/C15H16F3NO/c1-8-4-5-11-6-12(15(16,17)18)7-13-14(11)19(8)9(2)10(3)20-13/h4-7,9-10,14H,1-3H3/t9-,10?,14?/m0/s1. The van der Waals surface area contributed by atoms with Crippen LogP contribution in [0.1, 0.15) is 20.8 Å². The monoisotopic (exact) mass is 283 g/mol. The molecule has 0 amide bonds. The first kappa shape index (κ1) is 13.3. The maximum atomic E-state index is 13.0. The summed E-state index contributed by atoms with van der Waals surface area (Å²) >= 11 is 0. The Hall–Kier alpha value is -1.65.